The highest BCUT2D eigenvalue weighted by atomic mass is 16.2. The molecule has 0 spiro atoms. The molecule has 180 valence electrons. The number of hydrogen-bond donors (Lipinski definition) is 2. The van der Waals surface area contributed by atoms with Gasteiger partial charge in [-0.15, -0.1) is 0 Å². The number of primary amides is 1. The van der Waals surface area contributed by atoms with Gasteiger partial charge in [-0.05, 0) is 62.5 Å². The topological polar surface area (TPSA) is 95.7 Å². The molecule has 0 aromatic heterocycles. The molecule has 3 amide bonds. The minimum atomic E-state index is -0.332. The number of benzene rings is 2. The van der Waals surface area contributed by atoms with Gasteiger partial charge in [0.1, 0.15) is 0 Å². The molecule has 2 aliphatic rings. The summed E-state index contributed by atoms with van der Waals surface area (Å²) in [6.45, 7) is 5.78. The summed E-state index contributed by atoms with van der Waals surface area (Å²) in [7, 11) is 0. The Labute approximate surface area is 201 Å². The molecule has 4 rings (SSSR count). The van der Waals surface area contributed by atoms with Crippen molar-refractivity contribution in [3.05, 3.63) is 65.2 Å². The molecule has 7 nitrogen and oxygen atoms in total. The fourth-order valence-electron chi connectivity index (χ4n) is 4.74. The Morgan fingerprint density at radius 1 is 0.971 bits per heavy atom. The third-order valence-corrected chi connectivity index (χ3v) is 7.01. The van der Waals surface area contributed by atoms with Crippen LogP contribution in [0.5, 0.6) is 0 Å². The molecule has 2 saturated heterocycles. The van der Waals surface area contributed by atoms with Crippen LogP contribution in [0.25, 0.3) is 0 Å². The van der Waals surface area contributed by atoms with E-state index in [9.17, 15) is 14.4 Å². The van der Waals surface area contributed by atoms with Gasteiger partial charge in [0.15, 0.2) is 0 Å². The fourth-order valence-corrected chi connectivity index (χ4v) is 4.74. The van der Waals surface area contributed by atoms with Crippen LogP contribution in [0.15, 0.2) is 48.5 Å². The summed E-state index contributed by atoms with van der Waals surface area (Å²) < 4.78 is 0. The van der Waals surface area contributed by atoms with Crippen LogP contribution in [-0.4, -0.2) is 53.7 Å². The molecule has 2 aliphatic heterocycles. The van der Waals surface area contributed by atoms with Crippen molar-refractivity contribution in [2.75, 3.05) is 31.5 Å². The van der Waals surface area contributed by atoms with Crippen molar-refractivity contribution in [1.29, 1.82) is 0 Å². The molecule has 0 saturated carbocycles. The third kappa shape index (κ3) is 6.23. The summed E-state index contributed by atoms with van der Waals surface area (Å²) in [5.41, 5.74) is 9.62. The quantitative estimate of drug-likeness (QED) is 0.631. The molecule has 1 unspecified atom stereocenters. The zero-order chi connectivity index (χ0) is 24.1. The number of anilines is 1. The molecular formula is C27H34N4O3. The zero-order valence-corrected chi connectivity index (χ0v) is 19.8. The minimum absolute atomic E-state index is 0.0176. The first-order valence-corrected chi connectivity index (χ1v) is 12.1. The van der Waals surface area contributed by atoms with E-state index in [4.69, 9.17) is 5.73 Å². The van der Waals surface area contributed by atoms with Crippen molar-refractivity contribution in [3.63, 3.8) is 0 Å². The van der Waals surface area contributed by atoms with Crippen LogP contribution < -0.4 is 11.1 Å². The maximum Gasteiger partial charge on any atom is 0.229 e. The van der Waals surface area contributed by atoms with Gasteiger partial charge in [0.05, 0.1) is 5.92 Å². The number of rotatable bonds is 8. The first-order chi connectivity index (χ1) is 16.4. The molecule has 7 heteroatoms. The van der Waals surface area contributed by atoms with Crippen LogP contribution in [-0.2, 0) is 27.3 Å². The summed E-state index contributed by atoms with van der Waals surface area (Å²) >= 11 is 0. The Balaban J connectivity index is 1.22. The lowest BCUT2D eigenvalue weighted by molar-refractivity contribution is -0.128. The Bertz CT molecular complexity index is 1010. The molecular weight excluding hydrogens is 428 g/mol. The largest absolute Gasteiger partial charge is 0.369 e. The second-order valence-corrected chi connectivity index (χ2v) is 9.62. The van der Waals surface area contributed by atoms with Gasteiger partial charge in [0.25, 0.3) is 0 Å². The minimum Gasteiger partial charge on any atom is -0.369 e. The van der Waals surface area contributed by atoms with Crippen LogP contribution in [0.2, 0.25) is 0 Å². The number of aryl methyl sites for hydroxylation is 1. The number of amides is 3. The SMILES string of the molecule is Cc1ccc(CN2CC(C(=O)Nc3ccc(CCN4CCC(C(N)=O)CC4)cc3)CC2=O)cc1. The number of nitrogens with zero attached hydrogens (tertiary/aromatic N) is 2. The lowest BCUT2D eigenvalue weighted by Gasteiger charge is -2.30. The second kappa shape index (κ2) is 10.8. The maximum atomic E-state index is 12.8. The smallest absolute Gasteiger partial charge is 0.229 e. The van der Waals surface area contributed by atoms with E-state index < -0.39 is 0 Å². The van der Waals surface area contributed by atoms with Gasteiger partial charge < -0.3 is 20.9 Å². The van der Waals surface area contributed by atoms with Gasteiger partial charge in [-0.3, -0.25) is 14.4 Å². The van der Waals surface area contributed by atoms with Crippen molar-refractivity contribution in [2.45, 2.75) is 39.2 Å². The first-order valence-electron chi connectivity index (χ1n) is 12.1. The highest BCUT2D eigenvalue weighted by Gasteiger charge is 2.34. The van der Waals surface area contributed by atoms with Gasteiger partial charge in [-0.2, -0.15) is 0 Å². The molecule has 2 aromatic rings. The molecule has 2 heterocycles. The molecule has 0 aliphatic carbocycles. The number of nitrogens with two attached hydrogens (primary N) is 1. The van der Waals surface area contributed by atoms with E-state index in [2.05, 4.69) is 10.2 Å². The van der Waals surface area contributed by atoms with Gasteiger partial charge >= 0.3 is 0 Å². The summed E-state index contributed by atoms with van der Waals surface area (Å²) in [6.07, 6.45) is 2.85. The van der Waals surface area contributed by atoms with Crippen molar-refractivity contribution >= 4 is 23.4 Å². The first kappa shape index (κ1) is 24.0. The van der Waals surface area contributed by atoms with E-state index in [0.717, 1.165) is 50.1 Å². The van der Waals surface area contributed by atoms with Crippen LogP contribution in [0.1, 0.15) is 36.0 Å². The van der Waals surface area contributed by atoms with E-state index in [1.165, 1.54) is 11.1 Å². The van der Waals surface area contributed by atoms with Crippen molar-refractivity contribution < 1.29 is 14.4 Å². The Morgan fingerprint density at radius 2 is 1.62 bits per heavy atom. The highest BCUT2D eigenvalue weighted by molar-refractivity contribution is 5.97. The fraction of sp³-hybridized carbons (Fsp3) is 0.444. The summed E-state index contributed by atoms with van der Waals surface area (Å²) in [6, 6.07) is 16.1. The molecule has 3 N–H and O–H groups in total. The van der Waals surface area contributed by atoms with E-state index in [0.29, 0.717) is 13.1 Å². The van der Waals surface area contributed by atoms with Crippen LogP contribution in [0.3, 0.4) is 0 Å². The normalized spacial score (nSPS) is 19.4. The second-order valence-electron chi connectivity index (χ2n) is 9.62. The van der Waals surface area contributed by atoms with Crippen LogP contribution in [0.4, 0.5) is 5.69 Å². The van der Waals surface area contributed by atoms with Crippen molar-refractivity contribution in [3.8, 4) is 0 Å². The lowest BCUT2D eigenvalue weighted by atomic mass is 9.96. The Kier molecular flexibility index (Phi) is 7.63. The molecule has 0 bridgehead atoms. The molecule has 1 atom stereocenters. The Morgan fingerprint density at radius 3 is 2.26 bits per heavy atom. The van der Waals surface area contributed by atoms with E-state index >= 15 is 0 Å². The van der Waals surface area contributed by atoms with Crippen molar-refractivity contribution in [1.82, 2.24) is 9.80 Å². The average molecular weight is 463 g/mol. The van der Waals surface area contributed by atoms with Gasteiger partial charge in [0.2, 0.25) is 17.7 Å². The van der Waals surface area contributed by atoms with Gasteiger partial charge in [0, 0.05) is 37.7 Å². The summed E-state index contributed by atoms with van der Waals surface area (Å²) in [4.78, 5) is 40.6. The number of piperidine rings is 1. The third-order valence-electron chi connectivity index (χ3n) is 7.01. The lowest BCUT2D eigenvalue weighted by Crippen LogP contribution is -2.39. The van der Waals surface area contributed by atoms with E-state index in [-0.39, 0.29) is 36.0 Å². The van der Waals surface area contributed by atoms with Crippen LogP contribution in [0, 0.1) is 18.8 Å². The Hall–Kier alpha value is -3.19. The highest BCUT2D eigenvalue weighted by Crippen LogP contribution is 2.23. The standard InChI is InChI=1S/C27H34N4O3/c1-19-2-4-21(5-3-19)17-31-18-23(16-25(31)32)27(34)29-24-8-6-20(7-9-24)10-13-30-14-11-22(12-15-30)26(28)33/h2-9,22-23H,10-18H2,1H3,(H2,28,33)(H,29,34). The number of hydrogen-bond acceptors (Lipinski definition) is 4. The summed E-state index contributed by atoms with van der Waals surface area (Å²) in [5.74, 6) is -0.580. The molecule has 2 aromatic carbocycles. The average Bonchev–Trinajstić information content (AvgIpc) is 3.20. The van der Waals surface area contributed by atoms with Crippen molar-refractivity contribution in [2.24, 2.45) is 17.6 Å². The molecule has 34 heavy (non-hydrogen) atoms. The maximum absolute atomic E-state index is 12.8. The molecule has 2 fully saturated rings. The summed E-state index contributed by atoms with van der Waals surface area (Å²) in [5, 5.41) is 2.97. The van der Waals surface area contributed by atoms with Crippen LogP contribution >= 0.6 is 0 Å². The van der Waals surface area contributed by atoms with Gasteiger partial charge in [-0.25, -0.2) is 0 Å². The van der Waals surface area contributed by atoms with Gasteiger partial charge in [-0.1, -0.05) is 42.0 Å². The number of carbonyl (C=O) groups is 3. The number of likely N-dealkylation sites (tertiary alicyclic amines) is 2. The predicted octanol–water partition coefficient (Wildman–Crippen LogP) is 2.72. The number of carbonyl (C=O) groups excluding carboxylic acids is 3. The van der Waals surface area contributed by atoms with E-state index in [1.807, 2.05) is 55.5 Å². The van der Waals surface area contributed by atoms with E-state index in [1.54, 1.807) is 4.90 Å². The predicted molar refractivity (Wildman–Crippen MR) is 132 cm³/mol. The zero-order valence-electron chi connectivity index (χ0n) is 19.8. The molecule has 0 radical (unpaired) electrons. The monoisotopic (exact) mass is 462 g/mol. The number of nitrogens with one attached hydrogen (secondary N) is 1.